The third-order valence-corrected chi connectivity index (χ3v) is 1.66. The maximum Gasteiger partial charge on any atom is 0.244 e. The average molecular weight is 167 g/mol. The third kappa shape index (κ3) is 6.87. The highest BCUT2D eigenvalue weighted by Gasteiger charge is 2.07. The Kier molecular flexibility index (Phi) is 4.30. The summed E-state index contributed by atoms with van der Waals surface area (Å²) < 4.78 is 22.3. The molecule has 0 rings (SSSR count). The molecule has 0 amide bonds. The van der Waals surface area contributed by atoms with E-state index < -0.39 is 13.1 Å². The summed E-state index contributed by atoms with van der Waals surface area (Å²) in [6.07, 6.45) is -2.74. The van der Waals surface area contributed by atoms with Gasteiger partial charge < -0.3 is 0 Å². The van der Waals surface area contributed by atoms with Crippen LogP contribution in [-0.4, -0.2) is 12.6 Å². The summed E-state index contributed by atoms with van der Waals surface area (Å²) in [5.41, 5.74) is 0. The van der Waals surface area contributed by atoms with Crippen LogP contribution in [0.1, 0.15) is 0 Å². The summed E-state index contributed by atoms with van der Waals surface area (Å²) in [6, 6.07) is 0. The van der Waals surface area contributed by atoms with Crippen LogP contribution in [0.4, 0.5) is 8.78 Å². The van der Waals surface area contributed by atoms with Gasteiger partial charge in [-0.15, -0.1) is 0 Å². The van der Waals surface area contributed by atoms with Crippen LogP contribution in [0.5, 0.6) is 0 Å². The van der Waals surface area contributed by atoms with Crippen molar-refractivity contribution < 1.29 is 8.78 Å². The van der Waals surface area contributed by atoms with Crippen LogP contribution in [0.2, 0.25) is 0 Å². The molecule has 0 aliphatic rings. The van der Waals surface area contributed by atoms with Crippen molar-refractivity contribution in [3.63, 3.8) is 0 Å². The van der Waals surface area contributed by atoms with Crippen molar-refractivity contribution in [1.29, 1.82) is 0 Å². The van der Waals surface area contributed by atoms with Crippen LogP contribution < -0.4 is 0 Å². The van der Waals surface area contributed by atoms with E-state index in [1.165, 1.54) is 0 Å². The maximum atomic E-state index is 11.1. The molecule has 7 heavy (non-hydrogen) atoms. The molecule has 0 saturated heterocycles. The van der Waals surface area contributed by atoms with Crippen molar-refractivity contribution >= 4 is 29.1 Å². The van der Waals surface area contributed by atoms with E-state index in [1.54, 1.807) is 0 Å². The van der Waals surface area contributed by atoms with Gasteiger partial charge in [0.1, 0.15) is 0 Å². The average Bonchev–Trinajstić information content (AvgIpc) is 1.27. The van der Waals surface area contributed by atoms with Gasteiger partial charge in [0.15, 0.2) is 0 Å². The first kappa shape index (κ1) is 7.87. The molecule has 0 aromatic carbocycles. The summed E-state index contributed by atoms with van der Waals surface area (Å²) in [6.45, 7) is -1.45. The van der Waals surface area contributed by atoms with Gasteiger partial charge in [0.2, 0.25) is 6.43 Å². The minimum Gasteiger partial charge on any atom is -0.210 e. The van der Waals surface area contributed by atoms with Gasteiger partial charge in [-0.1, -0.05) is 22.5 Å². The van der Waals surface area contributed by atoms with E-state index in [0.29, 0.717) is 0 Å². The molecule has 0 atom stereocenters. The van der Waals surface area contributed by atoms with E-state index in [-0.39, 0.29) is 6.16 Å². The first-order valence-corrected chi connectivity index (χ1v) is 4.84. The summed E-state index contributed by atoms with van der Waals surface area (Å²) in [7, 11) is 0. The maximum absolute atomic E-state index is 11.1. The van der Waals surface area contributed by atoms with Crippen LogP contribution in [0.15, 0.2) is 0 Å². The fourth-order valence-electron chi connectivity index (χ4n) is 0.104. The summed E-state index contributed by atoms with van der Waals surface area (Å²) in [5.74, 6) is 0. The summed E-state index contributed by atoms with van der Waals surface area (Å²) in [5, 5.41) is 0. The Morgan fingerprint density at radius 3 is 1.86 bits per heavy atom. The van der Waals surface area contributed by atoms with Gasteiger partial charge in [-0.05, 0) is 0 Å². The SMILES string of the molecule is FC(F)CP(Cl)Cl. The molecule has 0 aromatic heterocycles. The lowest BCUT2D eigenvalue weighted by molar-refractivity contribution is 0.176. The molecule has 44 valence electrons. The fourth-order valence-corrected chi connectivity index (χ4v) is 0.939. The number of hydrogen-bond donors (Lipinski definition) is 0. The van der Waals surface area contributed by atoms with Crippen LogP contribution in [0.3, 0.4) is 0 Å². The Bertz CT molecular complexity index is 43.0. The van der Waals surface area contributed by atoms with E-state index in [2.05, 4.69) is 0 Å². The molecular weight excluding hydrogens is 164 g/mol. The second kappa shape index (κ2) is 3.82. The van der Waals surface area contributed by atoms with Gasteiger partial charge >= 0.3 is 0 Å². The van der Waals surface area contributed by atoms with Crippen molar-refractivity contribution in [2.45, 2.75) is 6.43 Å². The number of rotatable bonds is 2. The lowest BCUT2D eigenvalue weighted by Crippen LogP contribution is -1.90. The van der Waals surface area contributed by atoms with Crippen molar-refractivity contribution in [3.05, 3.63) is 0 Å². The van der Waals surface area contributed by atoms with Gasteiger partial charge in [-0.25, -0.2) is 8.78 Å². The quantitative estimate of drug-likeness (QED) is 0.554. The van der Waals surface area contributed by atoms with Crippen LogP contribution >= 0.6 is 29.1 Å². The van der Waals surface area contributed by atoms with Crippen LogP contribution in [0, 0.1) is 0 Å². The van der Waals surface area contributed by atoms with Gasteiger partial charge in [0, 0.05) is 0 Å². The van der Waals surface area contributed by atoms with Gasteiger partial charge in [0.25, 0.3) is 0 Å². The Morgan fingerprint density at radius 1 is 1.43 bits per heavy atom. The molecule has 0 bridgehead atoms. The number of alkyl halides is 2. The monoisotopic (exact) mass is 166 g/mol. The molecule has 0 radical (unpaired) electrons. The third-order valence-electron chi connectivity index (χ3n) is 0.276. The van der Waals surface area contributed by atoms with Gasteiger partial charge in [-0.3, -0.25) is 0 Å². The molecule has 5 heteroatoms. The Balaban J connectivity index is 2.95. The molecule has 0 heterocycles. The molecule has 0 aliphatic carbocycles. The molecule has 0 aromatic rings. The van der Waals surface area contributed by atoms with E-state index in [0.717, 1.165) is 0 Å². The zero-order valence-electron chi connectivity index (χ0n) is 3.24. The standard InChI is InChI=1S/C2H3Cl2F2P/c3-7(4)1-2(5)6/h2H,1H2. The number of halogens is 4. The van der Waals surface area contributed by atoms with Gasteiger partial charge in [-0.2, -0.15) is 0 Å². The Hall–Kier alpha value is 0.870. The molecule has 0 nitrogen and oxygen atoms in total. The first-order valence-electron chi connectivity index (χ1n) is 1.50. The smallest absolute Gasteiger partial charge is 0.210 e. The second-order valence-corrected chi connectivity index (χ2v) is 4.82. The van der Waals surface area contributed by atoms with Crippen molar-refractivity contribution in [3.8, 4) is 0 Å². The summed E-state index contributed by atoms with van der Waals surface area (Å²) >= 11 is 10.0. The molecule has 0 spiro atoms. The fraction of sp³-hybridized carbons (Fsp3) is 1.00. The molecule has 0 fully saturated rings. The highest BCUT2D eigenvalue weighted by molar-refractivity contribution is 8.03. The lowest BCUT2D eigenvalue weighted by Gasteiger charge is -1.94. The van der Waals surface area contributed by atoms with E-state index >= 15 is 0 Å². The molecule has 0 aliphatic heterocycles. The highest BCUT2D eigenvalue weighted by atomic mass is 35.9. The first-order chi connectivity index (χ1) is 3.13. The molecule has 0 saturated carbocycles. The summed E-state index contributed by atoms with van der Waals surface area (Å²) in [4.78, 5) is 0. The Morgan fingerprint density at radius 2 is 1.86 bits per heavy atom. The number of hydrogen-bond acceptors (Lipinski definition) is 0. The zero-order valence-corrected chi connectivity index (χ0v) is 5.65. The largest absolute Gasteiger partial charge is 0.244 e. The van der Waals surface area contributed by atoms with E-state index in [1.807, 2.05) is 0 Å². The normalized spacial score (nSPS) is 11.1. The van der Waals surface area contributed by atoms with Crippen molar-refractivity contribution in [2.24, 2.45) is 0 Å². The topological polar surface area (TPSA) is 0 Å². The van der Waals surface area contributed by atoms with Gasteiger partial charge in [0.05, 0.1) is 12.8 Å². The molecular formula is C2H3Cl2F2P. The predicted molar refractivity (Wildman–Crippen MR) is 29.5 cm³/mol. The highest BCUT2D eigenvalue weighted by Crippen LogP contribution is 2.47. The Labute approximate surface area is 51.1 Å². The minimum absolute atomic E-state index is 0.377. The van der Waals surface area contributed by atoms with Crippen molar-refractivity contribution in [1.82, 2.24) is 0 Å². The van der Waals surface area contributed by atoms with E-state index in [4.69, 9.17) is 22.5 Å². The van der Waals surface area contributed by atoms with Crippen LogP contribution in [-0.2, 0) is 0 Å². The zero-order chi connectivity index (χ0) is 5.86. The minimum atomic E-state index is -2.36. The molecule has 0 unspecified atom stereocenters. The molecule has 0 N–H and O–H groups in total. The van der Waals surface area contributed by atoms with Crippen molar-refractivity contribution in [2.75, 3.05) is 6.16 Å². The van der Waals surface area contributed by atoms with Crippen LogP contribution in [0.25, 0.3) is 0 Å². The van der Waals surface area contributed by atoms with E-state index in [9.17, 15) is 8.78 Å². The lowest BCUT2D eigenvalue weighted by atomic mass is 10.9. The second-order valence-electron chi connectivity index (χ2n) is 0.877. The predicted octanol–water partition coefficient (Wildman–Crippen LogP) is 3.04.